The van der Waals surface area contributed by atoms with Crippen molar-refractivity contribution >= 4 is 42.3 Å². The molecule has 1 unspecified atom stereocenters. The number of hydrogen-bond acceptors (Lipinski definition) is 4. The maximum Gasteiger partial charge on any atom is 0.255 e. The predicted molar refractivity (Wildman–Crippen MR) is 122 cm³/mol. The Labute approximate surface area is 184 Å². The summed E-state index contributed by atoms with van der Waals surface area (Å²) in [6.07, 6.45) is 4.57. The first-order chi connectivity index (χ1) is 13.0. The molecule has 0 aliphatic rings. The zero-order valence-corrected chi connectivity index (χ0v) is 18.6. The Hall–Kier alpha value is -2.15. The zero-order chi connectivity index (χ0) is 19.9. The Kier molecular flexibility index (Phi) is 11.5. The van der Waals surface area contributed by atoms with E-state index in [2.05, 4.69) is 15.6 Å². The lowest BCUT2D eigenvalue weighted by Crippen LogP contribution is -2.46. The topological polar surface area (TPSA) is 97.1 Å². The molecule has 0 aliphatic carbocycles. The lowest BCUT2D eigenvalue weighted by Gasteiger charge is -2.30. The molecular formula is C21H30Cl2N4O2. The fraction of sp³-hybridized carbons (Fsp3) is 0.381. The Morgan fingerprint density at radius 1 is 1.03 bits per heavy atom. The molecule has 0 saturated heterocycles. The summed E-state index contributed by atoms with van der Waals surface area (Å²) in [5.74, 6) is -0.206. The maximum absolute atomic E-state index is 12.7. The number of nitrogens with zero attached hydrogens (tertiary/aromatic N) is 1. The molecule has 8 heteroatoms. The van der Waals surface area contributed by atoms with Gasteiger partial charge in [-0.15, -0.1) is 24.8 Å². The van der Waals surface area contributed by atoms with Crippen molar-refractivity contribution in [3.63, 3.8) is 0 Å². The number of nitrogens with two attached hydrogens (primary N) is 1. The second-order valence-corrected chi connectivity index (χ2v) is 6.70. The summed E-state index contributed by atoms with van der Waals surface area (Å²) in [6.45, 7) is 6.25. The quantitative estimate of drug-likeness (QED) is 0.574. The summed E-state index contributed by atoms with van der Waals surface area (Å²) in [7, 11) is 0. The van der Waals surface area contributed by atoms with Crippen molar-refractivity contribution in [1.29, 1.82) is 0 Å². The maximum atomic E-state index is 12.7. The largest absolute Gasteiger partial charge is 0.349 e. The van der Waals surface area contributed by atoms with Gasteiger partial charge in [0.2, 0.25) is 5.91 Å². The van der Waals surface area contributed by atoms with Crippen LogP contribution in [0.5, 0.6) is 0 Å². The van der Waals surface area contributed by atoms with Gasteiger partial charge in [0.25, 0.3) is 5.91 Å². The van der Waals surface area contributed by atoms with Crippen molar-refractivity contribution in [2.75, 3.05) is 11.9 Å². The minimum atomic E-state index is -0.521. The van der Waals surface area contributed by atoms with E-state index in [0.717, 1.165) is 5.56 Å². The molecule has 160 valence electrons. The van der Waals surface area contributed by atoms with Crippen LogP contribution in [0.15, 0.2) is 48.8 Å². The molecule has 6 nitrogen and oxygen atoms in total. The summed E-state index contributed by atoms with van der Waals surface area (Å²) in [5, 5.41) is 5.91. The number of anilines is 1. The van der Waals surface area contributed by atoms with Gasteiger partial charge in [-0.25, -0.2) is 0 Å². The monoisotopic (exact) mass is 440 g/mol. The lowest BCUT2D eigenvalue weighted by atomic mass is 9.81. The minimum Gasteiger partial charge on any atom is -0.349 e. The van der Waals surface area contributed by atoms with Gasteiger partial charge in [-0.1, -0.05) is 26.0 Å². The van der Waals surface area contributed by atoms with Gasteiger partial charge in [0, 0.05) is 30.2 Å². The van der Waals surface area contributed by atoms with Crippen molar-refractivity contribution in [2.24, 2.45) is 11.1 Å². The minimum absolute atomic E-state index is 0. The van der Waals surface area contributed by atoms with Gasteiger partial charge >= 0.3 is 0 Å². The summed E-state index contributed by atoms with van der Waals surface area (Å²) in [6, 6.07) is 10.6. The number of nitrogens with one attached hydrogen (secondary N) is 2. The third kappa shape index (κ3) is 6.70. The van der Waals surface area contributed by atoms with Crippen LogP contribution < -0.4 is 16.4 Å². The van der Waals surface area contributed by atoms with Crippen LogP contribution >= 0.6 is 24.8 Å². The fourth-order valence-electron chi connectivity index (χ4n) is 2.95. The highest BCUT2D eigenvalue weighted by Gasteiger charge is 2.34. The van der Waals surface area contributed by atoms with E-state index in [4.69, 9.17) is 5.73 Å². The van der Waals surface area contributed by atoms with Gasteiger partial charge in [0.15, 0.2) is 0 Å². The lowest BCUT2D eigenvalue weighted by molar-refractivity contribution is -0.131. The zero-order valence-electron chi connectivity index (χ0n) is 17.0. The van der Waals surface area contributed by atoms with Crippen LogP contribution in [0.1, 0.15) is 55.6 Å². The second-order valence-electron chi connectivity index (χ2n) is 6.70. The second kappa shape index (κ2) is 12.4. The first-order valence-corrected chi connectivity index (χ1v) is 9.28. The van der Waals surface area contributed by atoms with Crippen molar-refractivity contribution in [1.82, 2.24) is 10.3 Å². The first kappa shape index (κ1) is 26.9. The number of benzene rings is 1. The van der Waals surface area contributed by atoms with Crippen LogP contribution in [0.2, 0.25) is 0 Å². The molecule has 1 aromatic carbocycles. The smallest absolute Gasteiger partial charge is 0.255 e. The Morgan fingerprint density at radius 2 is 1.59 bits per heavy atom. The first-order valence-electron chi connectivity index (χ1n) is 9.28. The average Bonchev–Trinajstić information content (AvgIpc) is 2.71. The van der Waals surface area contributed by atoms with Gasteiger partial charge in [-0.3, -0.25) is 14.6 Å². The van der Waals surface area contributed by atoms with Crippen LogP contribution in [0.25, 0.3) is 0 Å². The van der Waals surface area contributed by atoms with Crippen LogP contribution in [0.3, 0.4) is 0 Å². The number of hydrogen-bond donors (Lipinski definition) is 3. The number of amides is 2. The molecule has 2 rings (SSSR count). The standard InChI is InChI=1S/C21H28N4O2.2ClH/c1-4-21(5-2,14-22)20(27)24-15(3)16-6-8-18(9-7-16)25-19(26)17-10-12-23-13-11-17;;/h6-13,15H,4-5,14,22H2,1-3H3,(H,24,27)(H,25,26);2*1H. The van der Waals surface area contributed by atoms with E-state index in [1.807, 2.05) is 45.0 Å². The number of pyridine rings is 1. The summed E-state index contributed by atoms with van der Waals surface area (Å²) in [4.78, 5) is 28.7. The van der Waals surface area contributed by atoms with E-state index in [-0.39, 0.29) is 42.7 Å². The van der Waals surface area contributed by atoms with Crippen molar-refractivity contribution in [2.45, 2.75) is 39.7 Å². The number of carbonyl (C=O) groups excluding carboxylic acids is 2. The molecule has 2 amide bonds. The van der Waals surface area contributed by atoms with E-state index >= 15 is 0 Å². The van der Waals surface area contributed by atoms with Gasteiger partial charge in [0.05, 0.1) is 11.5 Å². The Morgan fingerprint density at radius 3 is 2.07 bits per heavy atom. The van der Waals surface area contributed by atoms with Crippen LogP contribution in [-0.2, 0) is 4.79 Å². The fourth-order valence-corrected chi connectivity index (χ4v) is 2.95. The van der Waals surface area contributed by atoms with E-state index in [0.29, 0.717) is 30.6 Å². The molecule has 0 saturated carbocycles. The van der Waals surface area contributed by atoms with E-state index in [1.165, 1.54) is 0 Å². The average molecular weight is 441 g/mol. The molecule has 0 bridgehead atoms. The molecule has 29 heavy (non-hydrogen) atoms. The molecule has 4 N–H and O–H groups in total. The van der Waals surface area contributed by atoms with Gasteiger partial charge < -0.3 is 16.4 Å². The highest BCUT2D eigenvalue weighted by molar-refractivity contribution is 6.04. The van der Waals surface area contributed by atoms with E-state index in [9.17, 15) is 9.59 Å². The van der Waals surface area contributed by atoms with Crippen molar-refractivity contribution < 1.29 is 9.59 Å². The third-order valence-electron chi connectivity index (χ3n) is 5.18. The highest BCUT2D eigenvalue weighted by Crippen LogP contribution is 2.27. The van der Waals surface area contributed by atoms with Crippen LogP contribution in [-0.4, -0.2) is 23.3 Å². The molecule has 2 aromatic rings. The van der Waals surface area contributed by atoms with E-state index in [1.54, 1.807) is 24.5 Å². The molecule has 0 fully saturated rings. The summed E-state index contributed by atoms with van der Waals surface area (Å²) < 4.78 is 0. The summed E-state index contributed by atoms with van der Waals surface area (Å²) in [5.41, 5.74) is 7.53. The molecular weight excluding hydrogens is 411 g/mol. The normalized spacial score (nSPS) is 11.4. The molecule has 1 atom stereocenters. The Balaban J connectivity index is 0.00000392. The van der Waals surface area contributed by atoms with Gasteiger partial charge in [0.1, 0.15) is 0 Å². The number of rotatable bonds is 8. The van der Waals surface area contributed by atoms with Crippen LogP contribution in [0, 0.1) is 5.41 Å². The molecule has 0 aliphatic heterocycles. The molecule has 1 heterocycles. The predicted octanol–water partition coefficient (Wildman–Crippen LogP) is 4.12. The van der Waals surface area contributed by atoms with Crippen LogP contribution in [0.4, 0.5) is 5.69 Å². The van der Waals surface area contributed by atoms with Gasteiger partial charge in [-0.2, -0.15) is 0 Å². The third-order valence-corrected chi connectivity index (χ3v) is 5.18. The molecule has 0 radical (unpaired) electrons. The highest BCUT2D eigenvalue weighted by atomic mass is 35.5. The van der Waals surface area contributed by atoms with Crippen molar-refractivity contribution in [3.05, 3.63) is 59.9 Å². The molecule has 0 spiro atoms. The number of halogens is 2. The summed E-state index contributed by atoms with van der Waals surface area (Å²) >= 11 is 0. The van der Waals surface area contributed by atoms with Crippen molar-refractivity contribution in [3.8, 4) is 0 Å². The number of aromatic nitrogens is 1. The molecule has 1 aromatic heterocycles. The SMILES string of the molecule is CCC(CC)(CN)C(=O)NC(C)c1ccc(NC(=O)c2ccncc2)cc1.Cl.Cl. The van der Waals surface area contributed by atoms with Gasteiger partial charge in [-0.05, 0) is 49.6 Å². The number of carbonyl (C=O) groups is 2. The van der Waals surface area contributed by atoms with E-state index < -0.39 is 5.41 Å². The Bertz CT molecular complexity index is 758.